The monoisotopic (exact) mass is 394 g/mol. The molecule has 0 aliphatic carbocycles. The van der Waals surface area contributed by atoms with Crippen LogP contribution in [0, 0.1) is 0 Å². The molecule has 1 aromatic heterocycles. The van der Waals surface area contributed by atoms with Crippen LogP contribution < -0.4 is 15.4 Å². The molecule has 3 rings (SSSR count). The van der Waals surface area contributed by atoms with Gasteiger partial charge < -0.3 is 15.4 Å². The van der Waals surface area contributed by atoms with E-state index >= 15 is 0 Å². The van der Waals surface area contributed by atoms with Gasteiger partial charge in [-0.25, -0.2) is 13.2 Å². The van der Waals surface area contributed by atoms with E-state index in [1.165, 1.54) is 11.3 Å². The van der Waals surface area contributed by atoms with Gasteiger partial charge in [-0.2, -0.15) is 0 Å². The van der Waals surface area contributed by atoms with E-state index in [9.17, 15) is 13.2 Å². The van der Waals surface area contributed by atoms with Gasteiger partial charge in [0.15, 0.2) is 9.84 Å². The summed E-state index contributed by atoms with van der Waals surface area (Å²) in [6, 6.07) is 6.60. The minimum Gasteiger partial charge on any atom is -0.496 e. The van der Waals surface area contributed by atoms with Crippen molar-refractivity contribution in [2.75, 3.05) is 12.4 Å². The van der Waals surface area contributed by atoms with Crippen LogP contribution in [0.15, 0.2) is 33.9 Å². The van der Waals surface area contributed by atoms with Gasteiger partial charge in [0, 0.05) is 17.3 Å². The number of carbonyl (C=O) groups excluding carboxylic acids is 1. The molecule has 26 heavy (non-hydrogen) atoms. The first-order valence-electron chi connectivity index (χ1n) is 8.42. The van der Waals surface area contributed by atoms with Gasteiger partial charge in [0.25, 0.3) is 0 Å². The minimum absolute atomic E-state index is 0.327. The average molecular weight is 395 g/mol. The van der Waals surface area contributed by atoms with E-state index in [4.69, 9.17) is 4.74 Å². The highest BCUT2D eigenvalue weighted by molar-refractivity contribution is 7.94. The van der Waals surface area contributed by atoms with Crippen LogP contribution in [0.5, 0.6) is 5.75 Å². The summed E-state index contributed by atoms with van der Waals surface area (Å²) in [6.45, 7) is 3.72. The van der Waals surface area contributed by atoms with Gasteiger partial charge in [-0.05, 0) is 42.8 Å². The van der Waals surface area contributed by atoms with E-state index in [-0.39, 0.29) is 12.1 Å². The first-order chi connectivity index (χ1) is 12.4. The van der Waals surface area contributed by atoms with Gasteiger partial charge in [-0.3, -0.25) is 0 Å². The number of hydrogen-bond donors (Lipinski definition) is 2. The number of thiophene rings is 1. The van der Waals surface area contributed by atoms with E-state index in [2.05, 4.69) is 10.6 Å². The molecule has 0 bridgehead atoms. The molecule has 0 spiro atoms. The van der Waals surface area contributed by atoms with Gasteiger partial charge in [-0.1, -0.05) is 13.0 Å². The predicted octanol–water partition coefficient (Wildman–Crippen LogP) is 3.75. The number of hydrogen-bond acceptors (Lipinski definition) is 5. The molecule has 0 saturated carbocycles. The maximum atomic E-state index is 12.4. The number of urea groups is 1. The number of ether oxygens (including phenoxy) is 1. The molecule has 2 atom stereocenters. The molecule has 0 unspecified atom stereocenters. The van der Waals surface area contributed by atoms with Crippen molar-refractivity contribution in [3.8, 4) is 5.75 Å². The Morgan fingerprint density at radius 2 is 2.12 bits per heavy atom. The maximum Gasteiger partial charge on any atom is 0.319 e. The molecule has 1 aliphatic rings. The molecule has 2 heterocycles. The molecule has 2 aromatic rings. The van der Waals surface area contributed by atoms with E-state index in [1.54, 1.807) is 31.5 Å². The van der Waals surface area contributed by atoms with Gasteiger partial charge in [0.1, 0.15) is 9.96 Å². The van der Waals surface area contributed by atoms with Crippen LogP contribution in [0.25, 0.3) is 0 Å². The van der Waals surface area contributed by atoms with Gasteiger partial charge in [0.2, 0.25) is 0 Å². The summed E-state index contributed by atoms with van der Waals surface area (Å²) < 4.78 is 30.5. The number of amides is 2. The van der Waals surface area contributed by atoms with Gasteiger partial charge >= 0.3 is 6.03 Å². The van der Waals surface area contributed by atoms with Crippen LogP contribution in [0.2, 0.25) is 0 Å². The summed E-state index contributed by atoms with van der Waals surface area (Å²) in [4.78, 5) is 12.4. The maximum absolute atomic E-state index is 12.4. The molecule has 2 amide bonds. The molecule has 2 N–H and O–H groups in total. The molecule has 0 saturated heterocycles. The van der Waals surface area contributed by atoms with Crippen molar-refractivity contribution in [3.05, 3.63) is 40.8 Å². The van der Waals surface area contributed by atoms with Crippen LogP contribution >= 0.6 is 11.3 Å². The number of nitrogens with one attached hydrogen (secondary N) is 2. The minimum atomic E-state index is -3.29. The number of carbonyl (C=O) groups is 1. The second-order valence-corrected chi connectivity index (χ2v) is 9.76. The Kier molecular flexibility index (Phi) is 5.24. The lowest BCUT2D eigenvalue weighted by atomic mass is 10.1. The Labute approximate surface area is 157 Å². The van der Waals surface area contributed by atoms with Crippen molar-refractivity contribution in [3.63, 3.8) is 0 Å². The van der Waals surface area contributed by atoms with Crippen molar-refractivity contribution < 1.29 is 17.9 Å². The molecule has 6 nitrogen and oxygen atoms in total. The van der Waals surface area contributed by atoms with Crippen molar-refractivity contribution in [1.29, 1.82) is 0 Å². The molecular weight excluding hydrogens is 372 g/mol. The third-order valence-corrected chi connectivity index (χ3v) is 8.33. The van der Waals surface area contributed by atoms with E-state index in [0.717, 1.165) is 17.7 Å². The fourth-order valence-corrected chi connectivity index (χ4v) is 6.37. The van der Waals surface area contributed by atoms with Crippen LogP contribution in [-0.4, -0.2) is 26.8 Å². The lowest BCUT2D eigenvalue weighted by Crippen LogP contribution is -2.38. The number of anilines is 1. The number of methoxy groups -OCH3 is 1. The topological polar surface area (TPSA) is 84.5 Å². The van der Waals surface area contributed by atoms with E-state index < -0.39 is 15.1 Å². The summed E-state index contributed by atoms with van der Waals surface area (Å²) in [5.41, 5.74) is 2.36. The van der Waals surface area contributed by atoms with E-state index in [0.29, 0.717) is 21.9 Å². The lowest BCUT2D eigenvalue weighted by Gasteiger charge is -2.28. The highest BCUT2D eigenvalue weighted by Gasteiger charge is 2.37. The zero-order valence-electron chi connectivity index (χ0n) is 14.9. The Morgan fingerprint density at radius 3 is 2.81 bits per heavy atom. The van der Waals surface area contributed by atoms with Crippen molar-refractivity contribution >= 4 is 32.9 Å². The number of aryl methyl sites for hydroxylation is 1. The molecular formula is C18H22N2O4S2. The lowest BCUT2D eigenvalue weighted by molar-refractivity contribution is 0.247. The van der Waals surface area contributed by atoms with Crippen LogP contribution in [0.1, 0.15) is 37.4 Å². The highest BCUT2D eigenvalue weighted by atomic mass is 32.2. The molecule has 1 aliphatic heterocycles. The summed E-state index contributed by atoms with van der Waals surface area (Å²) in [5, 5.41) is 6.92. The molecule has 8 heteroatoms. The fourth-order valence-electron chi connectivity index (χ4n) is 3.14. The van der Waals surface area contributed by atoms with Crippen LogP contribution in [0.4, 0.5) is 10.5 Å². The molecule has 140 valence electrons. The first-order valence-corrected chi connectivity index (χ1v) is 10.8. The molecule has 1 aromatic carbocycles. The Bertz CT molecular complexity index is 921. The smallest absolute Gasteiger partial charge is 0.319 e. The van der Waals surface area contributed by atoms with Gasteiger partial charge in [0.05, 0.1) is 18.4 Å². The Hall–Kier alpha value is -2.06. The number of sulfone groups is 1. The summed E-state index contributed by atoms with van der Waals surface area (Å²) >= 11 is 1.20. The average Bonchev–Trinajstić information content (AvgIpc) is 3.11. The standard InChI is InChI=1S/C18H22N2O4S2/c1-4-12-5-6-13(10-16(12)24-3)19-18(21)20-15-9-11(2)26(22,23)17-14(15)7-8-25-17/h5-8,10-11,15H,4,9H2,1-3H3,(H2,19,20,21)/t11-,15-/m0/s1. The summed E-state index contributed by atoms with van der Waals surface area (Å²) in [6.07, 6.45) is 1.20. The quantitative estimate of drug-likeness (QED) is 0.827. The number of fused-ring (bicyclic) bond motifs is 1. The predicted molar refractivity (Wildman–Crippen MR) is 103 cm³/mol. The number of rotatable bonds is 4. The Balaban J connectivity index is 1.75. The normalized spacial score (nSPS) is 20.9. The zero-order valence-corrected chi connectivity index (χ0v) is 16.5. The summed E-state index contributed by atoms with van der Waals surface area (Å²) in [5.74, 6) is 0.725. The second-order valence-electron chi connectivity index (χ2n) is 6.29. The van der Waals surface area contributed by atoms with Crippen LogP contribution in [0.3, 0.4) is 0 Å². The SMILES string of the molecule is CCc1ccc(NC(=O)N[C@H]2C[C@H](C)S(=O)(=O)c3sccc32)cc1OC. The Morgan fingerprint density at radius 1 is 1.35 bits per heavy atom. The second kappa shape index (κ2) is 7.28. The molecule has 0 fully saturated rings. The first kappa shape index (κ1) is 18.7. The zero-order chi connectivity index (χ0) is 18.9. The van der Waals surface area contributed by atoms with Crippen LogP contribution in [-0.2, 0) is 16.3 Å². The van der Waals surface area contributed by atoms with Crippen molar-refractivity contribution in [2.45, 2.75) is 42.2 Å². The largest absolute Gasteiger partial charge is 0.496 e. The van der Waals surface area contributed by atoms with Crippen molar-refractivity contribution in [2.24, 2.45) is 0 Å². The third kappa shape index (κ3) is 3.43. The fraction of sp³-hybridized carbons (Fsp3) is 0.389. The molecule has 0 radical (unpaired) electrons. The van der Waals surface area contributed by atoms with Crippen molar-refractivity contribution in [1.82, 2.24) is 5.32 Å². The summed E-state index contributed by atoms with van der Waals surface area (Å²) in [7, 11) is -1.69. The van der Waals surface area contributed by atoms with E-state index in [1.807, 2.05) is 19.1 Å². The van der Waals surface area contributed by atoms with Gasteiger partial charge in [-0.15, -0.1) is 11.3 Å². The highest BCUT2D eigenvalue weighted by Crippen LogP contribution is 2.39. The number of benzene rings is 1. The third-order valence-electron chi connectivity index (χ3n) is 4.62.